The number of rotatable bonds is 7. The maximum atomic E-state index is 15.0. The Hall–Kier alpha value is -5.16. The molecule has 5 rings (SSSR count). The van der Waals surface area contributed by atoms with Gasteiger partial charge in [0.1, 0.15) is 28.4 Å². The molecule has 0 fully saturated rings. The highest BCUT2D eigenvalue weighted by Gasteiger charge is 2.21. The topological polar surface area (TPSA) is 127 Å². The van der Waals surface area contributed by atoms with E-state index in [1.807, 2.05) is 0 Å². The van der Waals surface area contributed by atoms with E-state index in [4.69, 9.17) is 9.47 Å². The molecule has 39 heavy (non-hydrogen) atoms. The van der Waals surface area contributed by atoms with Crippen molar-refractivity contribution < 1.29 is 33.3 Å². The van der Waals surface area contributed by atoms with E-state index in [0.717, 1.165) is 12.3 Å². The van der Waals surface area contributed by atoms with Crippen LogP contribution in [0.1, 0.15) is 16.1 Å². The van der Waals surface area contributed by atoms with Crippen LogP contribution in [0.2, 0.25) is 0 Å². The van der Waals surface area contributed by atoms with Crippen molar-refractivity contribution >= 4 is 22.6 Å². The van der Waals surface area contributed by atoms with Gasteiger partial charge in [0.2, 0.25) is 0 Å². The monoisotopic (exact) mass is 530 g/mol. The number of nitrogens with zero attached hydrogens (tertiary/aromatic N) is 3. The van der Waals surface area contributed by atoms with E-state index in [9.17, 15) is 23.8 Å². The van der Waals surface area contributed by atoms with E-state index in [1.54, 1.807) is 12.1 Å². The molecule has 196 valence electrons. The first-order valence-electron chi connectivity index (χ1n) is 11.5. The number of hydrogen-bond acceptors (Lipinski definition) is 8. The summed E-state index contributed by atoms with van der Waals surface area (Å²) >= 11 is 0. The van der Waals surface area contributed by atoms with Crippen molar-refractivity contribution in [2.45, 2.75) is 6.61 Å². The number of nitrogens with one attached hydrogen (secondary N) is 1. The summed E-state index contributed by atoms with van der Waals surface area (Å²) in [6.45, 7) is -0.523. The Bertz CT molecular complexity index is 1700. The number of aliphatic hydroxyl groups is 1. The fourth-order valence-electron chi connectivity index (χ4n) is 3.90. The largest absolute Gasteiger partial charge is 0.506 e. The maximum Gasteiger partial charge on any atom is 0.261 e. The number of aromatic nitrogens is 3. The van der Waals surface area contributed by atoms with Gasteiger partial charge >= 0.3 is 0 Å². The van der Waals surface area contributed by atoms with E-state index >= 15 is 0 Å². The minimum atomic E-state index is -0.779. The van der Waals surface area contributed by atoms with E-state index in [0.29, 0.717) is 22.3 Å². The lowest BCUT2D eigenvalue weighted by Crippen LogP contribution is -2.14. The zero-order valence-electron chi connectivity index (χ0n) is 20.4. The van der Waals surface area contributed by atoms with E-state index in [-0.39, 0.29) is 34.0 Å². The Morgan fingerprint density at radius 2 is 1.77 bits per heavy atom. The van der Waals surface area contributed by atoms with E-state index < -0.39 is 29.9 Å². The van der Waals surface area contributed by atoms with E-state index in [1.165, 1.54) is 55.9 Å². The molecule has 0 aliphatic carbocycles. The molecule has 0 bridgehead atoms. The van der Waals surface area contributed by atoms with Crippen LogP contribution >= 0.6 is 0 Å². The molecule has 2 aromatic carbocycles. The van der Waals surface area contributed by atoms with Gasteiger partial charge < -0.3 is 25.0 Å². The summed E-state index contributed by atoms with van der Waals surface area (Å²) in [5.41, 5.74) is 1.29. The predicted molar refractivity (Wildman–Crippen MR) is 138 cm³/mol. The minimum Gasteiger partial charge on any atom is -0.506 e. The van der Waals surface area contributed by atoms with Gasteiger partial charge in [0.25, 0.3) is 5.91 Å². The van der Waals surface area contributed by atoms with Gasteiger partial charge in [0, 0.05) is 41.8 Å². The van der Waals surface area contributed by atoms with Crippen LogP contribution in [-0.4, -0.2) is 38.2 Å². The molecule has 0 spiro atoms. The number of ether oxygens (including phenoxy) is 2. The van der Waals surface area contributed by atoms with Crippen molar-refractivity contribution in [3.8, 4) is 34.1 Å². The van der Waals surface area contributed by atoms with Crippen molar-refractivity contribution in [3.05, 3.63) is 96.1 Å². The number of carbonyl (C=O) groups is 1. The van der Waals surface area contributed by atoms with Gasteiger partial charge in [-0.3, -0.25) is 14.8 Å². The number of amides is 1. The van der Waals surface area contributed by atoms with Gasteiger partial charge in [0.15, 0.2) is 17.3 Å². The molecular formula is C28H20F2N4O5. The highest BCUT2D eigenvalue weighted by atomic mass is 19.1. The molecule has 0 unspecified atom stereocenters. The molecule has 3 aromatic heterocycles. The summed E-state index contributed by atoms with van der Waals surface area (Å²) in [7, 11) is 1.51. The third-order valence-corrected chi connectivity index (χ3v) is 5.82. The summed E-state index contributed by atoms with van der Waals surface area (Å²) in [5, 5.41) is 23.0. The Morgan fingerprint density at radius 3 is 2.49 bits per heavy atom. The van der Waals surface area contributed by atoms with Crippen molar-refractivity contribution in [2.24, 2.45) is 0 Å². The number of halogens is 2. The number of methoxy groups -OCH3 is 1. The second-order valence-electron chi connectivity index (χ2n) is 8.26. The lowest BCUT2D eigenvalue weighted by Gasteiger charge is -2.14. The molecule has 3 N–H and O–H groups in total. The molecular weight excluding hydrogens is 510 g/mol. The molecule has 0 saturated carbocycles. The van der Waals surface area contributed by atoms with Gasteiger partial charge in [-0.15, -0.1) is 0 Å². The summed E-state index contributed by atoms with van der Waals surface area (Å²) < 4.78 is 39.2. The van der Waals surface area contributed by atoms with Crippen LogP contribution in [0.3, 0.4) is 0 Å². The Kier molecular flexibility index (Phi) is 6.98. The van der Waals surface area contributed by atoms with Crippen molar-refractivity contribution in [1.82, 2.24) is 15.0 Å². The summed E-state index contributed by atoms with van der Waals surface area (Å²) in [6.07, 6.45) is 4.08. The van der Waals surface area contributed by atoms with Crippen LogP contribution in [0.15, 0.2) is 73.2 Å². The van der Waals surface area contributed by atoms with E-state index in [2.05, 4.69) is 20.3 Å². The zero-order valence-corrected chi connectivity index (χ0v) is 20.4. The number of pyridine rings is 3. The fourth-order valence-corrected chi connectivity index (χ4v) is 3.90. The Balaban J connectivity index is 1.39. The minimum absolute atomic E-state index is 0.0795. The number of benzene rings is 2. The lowest BCUT2D eigenvalue weighted by atomic mass is 10.00. The number of carbonyl (C=O) groups excluding carboxylic acids is 1. The van der Waals surface area contributed by atoms with Gasteiger partial charge in [-0.25, -0.2) is 13.8 Å². The third kappa shape index (κ3) is 5.15. The van der Waals surface area contributed by atoms with Crippen LogP contribution < -0.4 is 14.8 Å². The van der Waals surface area contributed by atoms with Gasteiger partial charge in [-0.1, -0.05) is 12.1 Å². The smallest absolute Gasteiger partial charge is 0.261 e. The molecule has 9 nitrogen and oxygen atoms in total. The molecule has 0 saturated heterocycles. The first kappa shape index (κ1) is 25.5. The number of aromatic hydroxyl groups is 1. The number of hydrogen-bond donors (Lipinski definition) is 3. The number of anilines is 1. The summed E-state index contributed by atoms with van der Waals surface area (Å²) in [5.74, 6) is -1.84. The average Bonchev–Trinajstić information content (AvgIpc) is 2.94. The highest BCUT2D eigenvalue weighted by molar-refractivity contribution is 6.07. The highest BCUT2D eigenvalue weighted by Crippen LogP contribution is 2.36. The molecule has 3 heterocycles. The van der Waals surface area contributed by atoms with Crippen molar-refractivity contribution in [3.63, 3.8) is 0 Å². The molecule has 0 radical (unpaired) electrons. The summed E-state index contributed by atoms with van der Waals surface area (Å²) in [4.78, 5) is 25.5. The number of aliphatic hydroxyl groups excluding tert-OH is 1. The first-order chi connectivity index (χ1) is 18.9. The van der Waals surface area contributed by atoms with Crippen molar-refractivity contribution in [2.75, 3.05) is 12.4 Å². The van der Waals surface area contributed by atoms with Crippen LogP contribution in [-0.2, 0) is 6.61 Å². The van der Waals surface area contributed by atoms with Crippen molar-refractivity contribution in [1.29, 1.82) is 0 Å². The predicted octanol–water partition coefficient (Wildman–Crippen LogP) is 5.22. The molecule has 0 aliphatic rings. The maximum absolute atomic E-state index is 15.0. The van der Waals surface area contributed by atoms with Crippen LogP contribution in [0, 0.1) is 11.6 Å². The second kappa shape index (κ2) is 10.7. The van der Waals surface area contributed by atoms with Crippen LogP contribution in [0.5, 0.6) is 23.0 Å². The molecule has 0 aliphatic heterocycles. The SMILES string of the molecule is COc1cnc2c(Oc3ccc(NC(=O)c4cnc(CO)c(-c5ccc(F)cc5)c4O)cc3F)ccnc2c1. The van der Waals surface area contributed by atoms with Gasteiger partial charge in [-0.05, 0) is 29.8 Å². The quantitative estimate of drug-likeness (QED) is 0.261. The van der Waals surface area contributed by atoms with Gasteiger partial charge in [-0.2, -0.15) is 0 Å². The Morgan fingerprint density at radius 1 is 0.974 bits per heavy atom. The third-order valence-electron chi connectivity index (χ3n) is 5.82. The molecule has 11 heteroatoms. The van der Waals surface area contributed by atoms with Gasteiger partial charge in [0.05, 0.1) is 31.1 Å². The molecule has 0 atom stereocenters. The standard InChI is InChI=1S/C28H20F2N4O5/c1-38-18-11-21-26(33-12-18)24(8-9-31-21)39-23-7-6-17(10-20(23)30)34-28(37)19-13-32-22(14-35)25(27(19)36)15-2-4-16(29)5-3-15/h2-13,35H,14H2,1H3,(H,32,36)(H,34,37). The fraction of sp³-hybridized carbons (Fsp3) is 0.0714. The normalized spacial score (nSPS) is 10.9. The lowest BCUT2D eigenvalue weighted by molar-refractivity contribution is 0.102. The second-order valence-corrected chi connectivity index (χ2v) is 8.26. The summed E-state index contributed by atoms with van der Waals surface area (Å²) in [6, 6.07) is 12.2. The first-order valence-corrected chi connectivity index (χ1v) is 11.5. The number of fused-ring (bicyclic) bond motifs is 1. The zero-order chi connectivity index (χ0) is 27.5. The van der Waals surface area contributed by atoms with Crippen LogP contribution in [0.25, 0.3) is 22.2 Å². The average molecular weight is 530 g/mol. The molecule has 5 aromatic rings. The Labute approximate surface area is 220 Å². The molecule has 1 amide bonds. The van der Waals surface area contributed by atoms with Crippen LogP contribution in [0.4, 0.5) is 14.5 Å².